The van der Waals surface area contributed by atoms with Crippen molar-refractivity contribution in [2.45, 2.75) is 15.5 Å². The van der Waals surface area contributed by atoms with E-state index in [-0.39, 0.29) is 33.1 Å². The second kappa shape index (κ2) is 6.27. The van der Waals surface area contributed by atoms with Crippen molar-refractivity contribution in [3.05, 3.63) is 42.6 Å². The predicted octanol–water partition coefficient (Wildman–Crippen LogP) is 2.78. The molecule has 9 heteroatoms. The Hall–Kier alpha value is -1.87. The van der Waals surface area contributed by atoms with Crippen molar-refractivity contribution in [2.75, 3.05) is 10.5 Å². The number of para-hydroxylation sites is 1. The molecule has 0 aliphatic carbocycles. The number of hydrogen-bond acceptors (Lipinski definition) is 5. The number of thioether (sulfide) groups is 1. The monoisotopic (exact) mass is 331 g/mol. The molecular formula is C12H11F2N3O2S2. The first kappa shape index (κ1) is 15.5. The van der Waals surface area contributed by atoms with Crippen LogP contribution in [-0.2, 0) is 10.0 Å². The molecule has 3 N–H and O–H groups in total. The number of benzene rings is 1. The molecule has 0 saturated carbocycles. The molecule has 1 aromatic carbocycles. The molecule has 0 unspecified atom stereocenters. The molecule has 0 bridgehead atoms. The van der Waals surface area contributed by atoms with Gasteiger partial charge in [0.25, 0.3) is 15.8 Å². The minimum absolute atomic E-state index is 0.0830. The van der Waals surface area contributed by atoms with Crippen LogP contribution in [0.2, 0.25) is 0 Å². The van der Waals surface area contributed by atoms with Crippen molar-refractivity contribution in [2.24, 2.45) is 0 Å². The summed E-state index contributed by atoms with van der Waals surface area (Å²) >= 11 is 0.267. The third kappa shape index (κ3) is 4.05. The number of nitrogens with two attached hydrogens (primary N) is 1. The fourth-order valence-electron chi connectivity index (χ4n) is 1.50. The third-order valence-corrected chi connectivity index (χ3v) is 4.56. The van der Waals surface area contributed by atoms with E-state index < -0.39 is 15.8 Å². The summed E-state index contributed by atoms with van der Waals surface area (Å²) in [4.78, 5) is 3.73. The van der Waals surface area contributed by atoms with Crippen LogP contribution in [0, 0.1) is 0 Å². The standard InChI is InChI=1S/C12H11F2N3O2S2/c13-12(14)20-10-4-2-1-3-9(10)17-21(18,19)8-5-6-11(15)16-7-8/h1-7,12,17H,(H2,15,16). The summed E-state index contributed by atoms with van der Waals surface area (Å²) < 4.78 is 51.5. The second-order valence-corrected chi connectivity index (χ2v) is 6.61. The second-order valence-electron chi connectivity index (χ2n) is 3.90. The molecule has 0 spiro atoms. The van der Waals surface area contributed by atoms with E-state index in [1.165, 1.54) is 24.3 Å². The minimum atomic E-state index is -3.91. The van der Waals surface area contributed by atoms with Crippen molar-refractivity contribution in [3.8, 4) is 0 Å². The fourth-order valence-corrected chi connectivity index (χ4v) is 3.19. The van der Waals surface area contributed by atoms with Crippen LogP contribution in [0.4, 0.5) is 20.3 Å². The van der Waals surface area contributed by atoms with E-state index >= 15 is 0 Å². The Balaban J connectivity index is 2.30. The van der Waals surface area contributed by atoms with Gasteiger partial charge in [0.1, 0.15) is 10.7 Å². The molecule has 0 amide bonds. The van der Waals surface area contributed by atoms with E-state index in [1.807, 2.05) is 0 Å². The molecule has 1 aromatic heterocycles. The number of hydrogen-bond donors (Lipinski definition) is 2. The first-order valence-electron chi connectivity index (χ1n) is 5.67. The van der Waals surface area contributed by atoms with E-state index in [4.69, 9.17) is 5.73 Å². The molecule has 21 heavy (non-hydrogen) atoms. The molecule has 0 atom stereocenters. The summed E-state index contributed by atoms with van der Waals surface area (Å²) in [7, 11) is -3.91. The number of nitrogen functional groups attached to an aromatic ring is 1. The maximum absolute atomic E-state index is 12.5. The third-order valence-electron chi connectivity index (χ3n) is 2.42. The molecule has 0 aliphatic heterocycles. The number of pyridine rings is 1. The lowest BCUT2D eigenvalue weighted by Crippen LogP contribution is -2.14. The normalized spacial score (nSPS) is 11.6. The Kier molecular flexibility index (Phi) is 4.63. The summed E-state index contributed by atoms with van der Waals surface area (Å²) in [6, 6.07) is 8.55. The topological polar surface area (TPSA) is 85.1 Å². The van der Waals surface area contributed by atoms with Gasteiger partial charge in [0.2, 0.25) is 0 Å². The van der Waals surface area contributed by atoms with Crippen LogP contribution in [0.3, 0.4) is 0 Å². The van der Waals surface area contributed by atoms with Gasteiger partial charge in [-0.25, -0.2) is 13.4 Å². The Morgan fingerprint density at radius 3 is 2.52 bits per heavy atom. The lowest BCUT2D eigenvalue weighted by molar-refractivity contribution is 0.252. The first-order chi connectivity index (χ1) is 9.88. The highest BCUT2D eigenvalue weighted by atomic mass is 32.2. The average molecular weight is 331 g/mol. The predicted molar refractivity (Wildman–Crippen MR) is 77.8 cm³/mol. The van der Waals surface area contributed by atoms with Crippen molar-refractivity contribution in [1.29, 1.82) is 0 Å². The van der Waals surface area contributed by atoms with Gasteiger partial charge in [-0.15, -0.1) is 0 Å². The van der Waals surface area contributed by atoms with Crippen molar-refractivity contribution >= 4 is 33.3 Å². The summed E-state index contributed by atoms with van der Waals surface area (Å²) in [6.45, 7) is 0. The molecule has 1 heterocycles. The van der Waals surface area contributed by atoms with Gasteiger partial charge in [0.15, 0.2) is 0 Å². The molecule has 0 saturated heterocycles. The number of rotatable bonds is 5. The van der Waals surface area contributed by atoms with Crippen LogP contribution >= 0.6 is 11.8 Å². The lowest BCUT2D eigenvalue weighted by Gasteiger charge is -2.11. The summed E-state index contributed by atoms with van der Waals surface area (Å²) in [5.74, 6) is -2.46. The van der Waals surface area contributed by atoms with Crippen LogP contribution in [0.1, 0.15) is 0 Å². The molecule has 2 rings (SSSR count). The number of aromatic nitrogens is 1. The van der Waals surface area contributed by atoms with E-state index in [9.17, 15) is 17.2 Å². The van der Waals surface area contributed by atoms with Gasteiger partial charge < -0.3 is 5.73 Å². The fraction of sp³-hybridized carbons (Fsp3) is 0.0833. The Labute approximate surface area is 124 Å². The largest absolute Gasteiger partial charge is 0.384 e. The van der Waals surface area contributed by atoms with Crippen molar-refractivity contribution in [3.63, 3.8) is 0 Å². The van der Waals surface area contributed by atoms with Gasteiger partial charge in [0, 0.05) is 11.1 Å². The van der Waals surface area contributed by atoms with E-state index in [2.05, 4.69) is 9.71 Å². The maximum Gasteiger partial charge on any atom is 0.288 e. The highest BCUT2D eigenvalue weighted by Gasteiger charge is 2.17. The number of alkyl halides is 2. The maximum atomic E-state index is 12.5. The Bertz CT molecular complexity index is 722. The zero-order chi connectivity index (χ0) is 15.5. The number of anilines is 2. The Morgan fingerprint density at radius 2 is 1.90 bits per heavy atom. The van der Waals surface area contributed by atoms with Gasteiger partial charge >= 0.3 is 0 Å². The smallest absolute Gasteiger partial charge is 0.288 e. The van der Waals surface area contributed by atoms with E-state index in [0.717, 1.165) is 6.20 Å². The number of nitrogens with one attached hydrogen (secondary N) is 1. The van der Waals surface area contributed by atoms with Crippen LogP contribution in [0.5, 0.6) is 0 Å². The quantitative estimate of drug-likeness (QED) is 0.823. The van der Waals surface area contributed by atoms with Crippen LogP contribution < -0.4 is 10.5 Å². The van der Waals surface area contributed by atoms with Crippen LogP contribution in [-0.4, -0.2) is 19.2 Å². The van der Waals surface area contributed by atoms with Crippen LogP contribution in [0.15, 0.2) is 52.4 Å². The SMILES string of the molecule is Nc1ccc(S(=O)(=O)Nc2ccccc2SC(F)F)cn1. The van der Waals surface area contributed by atoms with Gasteiger partial charge in [-0.05, 0) is 24.3 Å². The molecule has 0 radical (unpaired) electrons. The summed E-state index contributed by atoms with van der Waals surface area (Å²) in [6.07, 6.45) is 1.10. The molecule has 0 fully saturated rings. The van der Waals surface area contributed by atoms with Gasteiger partial charge in [0.05, 0.1) is 5.69 Å². The minimum Gasteiger partial charge on any atom is -0.384 e. The molecule has 112 valence electrons. The van der Waals surface area contributed by atoms with Crippen LogP contribution in [0.25, 0.3) is 0 Å². The lowest BCUT2D eigenvalue weighted by atomic mass is 10.3. The number of sulfonamides is 1. The Morgan fingerprint density at radius 1 is 1.19 bits per heavy atom. The number of halogens is 2. The van der Waals surface area contributed by atoms with Gasteiger partial charge in [-0.3, -0.25) is 4.72 Å². The molecular weight excluding hydrogens is 320 g/mol. The zero-order valence-electron chi connectivity index (χ0n) is 10.5. The van der Waals surface area contributed by atoms with E-state index in [1.54, 1.807) is 12.1 Å². The zero-order valence-corrected chi connectivity index (χ0v) is 12.2. The summed E-state index contributed by atoms with van der Waals surface area (Å²) in [5.41, 5.74) is 5.47. The number of nitrogens with zero attached hydrogens (tertiary/aromatic N) is 1. The molecule has 2 aromatic rings. The highest BCUT2D eigenvalue weighted by Crippen LogP contribution is 2.32. The van der Waals surface area contributed by atoms with Gasteiger partial charge in [-0.2, -0.15) is 8.78 Å². The summed E-state index contributed by atoms with van der Waals surface area (Å²) in [5, 5.41) is 0. The average Bonchev–Trinajstić information content (AvgIpc) is 2.40. The van der Waals surface area contributed by atoms with Crippen molar-refractivity contribution in [1.82, 2.24) is 4.98 Å². The molecule has 5 nitrogen and oxygen atoms in total. The first-order valence-corrected chi connectivity index (χ1v) is 8.03. The van der Waals surface area contributed by atoms with E-state index in [0.29, 0.717) is 0 Å². The van der Waals surface area contributed by atoms with Gasteiger partial charge in [-0.1, -0.05) is 23.9 Å². The van der Waals surface area contributed by atoms with Crippen molar-refractivity contribution < 1.29 is 17.2 Å². The molecule has 0 aliphatic rings. The highest BCUT2D eigenvalue weighted by molar-refractivity contribution is 7.99.